The summed E-state index contributed by atoms with van der Waals surface area (Å²) < 4.78 is 0. The van der Waals surface area contributed by atoms with Gasteiger partial charge in [0.15, 0.2) is 5.16 Å². The Kier molecular flexibility index (Phi) is 3.21. The van der Waals surface area contributed by atoms with Crippen molar-refractivity contribution in [3.8, 4) is 0 Å². The first-order valence-electron chi connectivity index (χ1n) is 5.55. The predicted molar refractivity (Wildman–Crippen MR) is 73.5 cm³/mol. The van der Waals surface area contributed by atoms with E-state index in [-0.39, 0.29) is 0 Å². The fraction of sp³-hybridized carbons (Fsp3) is 0. The molecule has 3 N–H and O–H groups in total. The van der Waals surface area contributed by atoms with Crippen LogP contribution >= 0.6 is 11.8 Å². The van der Waals surface area contributed by atoms with Gasteiger partial charge in [-0.3, -0.25) is 5.43 Å². The molecule has 19 heavy (non-hydrogen) atoms. The summed E-state index contributed by atoms with van der Waals surface area (Å²) in [7, 11) is 0. The number of nitrogens with two attached hydrogens (primary N) is 1. The molecule has 0 fully saturated rings. The number of aromatic nitrogens is 4. The summed E-state index contributed by atoms with van der Waals surface area (Å²) in [5.74, 6) is 5.76. The molecule has 0 bridgehead atoms. The normalized spacial score (nSPS) is 10.6. The maximum Gasteiger partial charge on any atom is 0.238 e. The number of para-hydroxylation sites is 1. The Balaban J connectivity index is 2.11. The van der Waals surface area contributed by atoms with E-state index < -0.39 is 0 Å². The van der Waals surface area contributed by atoms with E-state index in [1.54, 1.807) is 18.5 Å². The highest BCUT2D eigenvalue weighted by molar-refractivity contribution is 7.99. The molecule has 0 saturated heterocycles. The molecule has 3 aromatic rings. The Morgan fingerprint density at radius 2 is 1.79 bits per heavy atom. The lowest BCUT2D eigenvalue weighted by Crippen LogP contribution is -2.11. The first-order valence-corrected chi connectivity index (χ1v) is 6.37. The molecule has 6 nitrogen and oxygen atoms in total. The minimum atomic E-state index is 0.372. The van der Waals surface area contributed by atoms with Gasteiger partial charge >= 0.3 is 0 Å². The predicted octanol–water partition coefficient (Wildman–Crippen LogP) is 1.86. The number of hydrazine groups is 1. The third-order valence-electron chi connectivity index (χ3n) is 2.43. The minimum Gasteiger partial charge on any atom is -0.292 e. The largest absolute Gasteiger partial charge is 0.292 e. The van der Waals surface area contributed by atoms with Gasteiger partial charge in [-0.2, -0.15) is 0 Å². The molecule has 0 amide bonds. The van der Waals surface area contributed by atoms with Crippen LogP contribution in [0.5, 0.6) is 0 Å². The highest BCUT2D eigenvalue weighted by Crippen LogP contribution is 2.29. The SMILES string of the molecule is NNc1nc(Sc2ncccn2)c2ccccc2n1. The number of hydrogen-bond acceptors (Lipinski definition) is 7. The van der Waals surface area contributed by atoms with Gasteiger partial charge < -0.3 is 0 Å². The maximum absolute atomic E-state index is 5.39. The molecule has 0 aliphatic rings. The summed E-state index contributed by atoms with van der Waals surface area (Å²) in [5, 5.41) is 2.35. The van der Waals surface area contributed by atoms with Gasteiger partial charge in [-0.05, 0) is 23.9 Å². The average Bonchev–Trinajstić information content (AvgIpc) is 2.48. The number of anilines is 1. The van der Waals surface area contributed by atoms with E-state index in [1.165, 1.54) is 11.8 Å². The Bertz CT molecular complexity index is 703. The number of nitrogens with one attached hydrogen (secondary N) is 1. The molecule has 2 aromatic heterocycles. The zero-order chi connectivity index (χ0) is 13.1. The third-order valence-corrected chi connectivity index (χ3v) is 3.33. The highest BCUT2D eigenvalue weighted by atomic mass is 32.2. The molecule has 0 atom stereocenters. The van der Waals surface area contributed by atoms with Crippen molar-refractivity contribution in [2.75, 3.05) is 5.43 Å². The Hall–Kier alpha value is -2.25. The molecular formula is C12H10N6S. The van der Waals surface area contributed by atoms with E-state index in [4.69, 9.17) is 5.84 Å². The number of nitrogens with zero attached hydrogens (tertiary/aromatic N) is 4. The standard InChI is InChI=1S/C12H10N6S/c13-18-11-16-9-5-2-1-4-8(9)10(17-11)19-12-14-6-3-7-15-12/h1-7H,13H2,(H,16,17,18). The number of hydrogen-bond donors (Lipinski definition) is 2. The lowest BCUT2D eigenvalue weighted by atomic mass is 10.2. The first-order chi connectivity index (χ1) is 9.36. The van der Waals surface area contributed by atoms with Crippen molar-refractivity contribution >= 4 is 28.6 Å². The quantitative estimate of drug-likeness (QED) is 0.325. The molecule has 3 rings (SSSR count). The minimum absolute atomic E-state index is 0.372. The van der Waals surface area contributed by atoms with Crippen LogP contribution in [0, 0.1) is 0 Å². The molecule has 0 unspecified atom stereocenters. The second-order valence-corrected chi connectivity index (χ2v) is 4.60. The zero-order valence-corrected chi connectivity index (χ0v) is 10.6. The molecule has 0 aliphatic carbocycles. The van der Waals surface area contributed by atoms with Crippen molar-refractivity contribution in [3.05, 3.63) is 42.7 Å². The van der Waals surface area contributed by atoms with Crippen molar-refractivity contribution in [2.24, 2.45) is 5.84 Å². The second-order valence-electron chi connectivity index (χ2n) is 3.65. The summed E-state index contributed by atoms with van der Waals surface area (Å²) in [6, 6.07) is 9.50. The van der Waals surface area contributed by atoms with Crippen LogP contribution in [0.2, 0.25) is 0 Å². The fourth-order valence-corrected chi connectivity index (χ4v) is 2.43. The van der Waals surface area contributed by atoms with E-state index in [9.17, 15) is 0 Å². The molecule has 0 radical (unpaired) electrons. The van der Waals surface area contributed by atoms with Gasteiger partial charge in [0, 0.05) is 17.8 Å². The van der Waals surface area contributed by atoms with Crippen LogP contribution in [0.25, 0.3) is 10.9 Å². The van der Waals surface area contributed by atoms with Gasteiger partial charge in [-0.25, -0.2) is 25.8 Å². The molecule has 7 heteroatoms. The number of nitrogen functional groups attached to an aromatic ring is 1. The highest BCUT2D eigenvalue weighted by Gasteiger charge is 2.09. The third kappa shape index (κ3) is 2.47. The monoisotopic (exact) mass is 270 g/mol. The number of rotatable bonds is 3. The van der Waals surface area contributed by atoms with Crippen LogP contribution in [0.3, 0.4) is 0 Å². The van der Waals surface area contributed by atoms with Gasteiger partial charge in [0.1, 0.15) is 5.03 Å². The maximum atomic E-state index is 5.39. The van der Waals surface area contributed by atoms with Gasteiger partial charge in [0.05, 0.1) is 5.52 Å². The van der Waals surface area contributed by atoms with E-state index in [2.05, 4.69) is 25.4 Å². The second kappa shape index (κ2) is 5.17. The summed E-state index contributed by atoms with van der Waals surface area (Å²) >= 11 is 1.38. The van der Waals surface area contributed by atoms with E-state index in [1.807, 2.05) is 24.3 Å². The molecular weight excluding hydrogens is 260 g/mol. The van der Waals surface area contributed by atoms with Gasteiger partial charge in [-0.15, -0.1) is 0 Å². The molecule has 0 spiro atoms. The van der Waals surface area contributed by atoms with E-state index in [0.717, 1.165) is 15.9 Å². The van der Waals surface area contributed by atoms with E-state index >= 15 is 0 Å². The summed E-state index contributed by atoms with van der Waals surface area (Å²) in [6.45, 7) is 0. The Labute approximate surface area is 113 Å². The Morgan fingerprint density at radius 1 is 1.00 bits per heavy atom. The summed E-state index contributed by atoms with van der Waals surface area (Å²) in [4.78, 5) is 17.0. The van der Waals surface area contributed by atoms with Crippen molar-refractivity contribution in [1.82, 2.24) is 19.9 Å². The van der Waals surface area contributed by atoms with Crippen LogP contribution in [-0.4, -0.2) is 19.9 Å². The molecule has 0 aliphatic heterocycles. The van der Waals surface area contributed by atoms with E-state index in [0.29, 0.717) is 11.1 Å². The molecule has 2 heterocycles. The molecule has 0 saturated carbocycles. The summed E-state index contributed by atoms with van der Waals surface area (Å²) in [5.41, 5.74) is 3.29. The van der Waals surface area contributed by atoms with Gasteiger partial charge in [0.25, 0.3) is 0 Å². The molecule has 1 aromatic carbocycles. The van der Waals surface area contributed by atoms with Crippen LogP contribution in [-0.2, 0) is 0 Å². The van der Waals surface area contributed by atoms with Crippen molar-refractivity contribution in [3.63, 3.8) is 0 Å². The average molecular weight is 270 g/mol. The van der Waals surface area contributed by atoms with Crippen molar-refractivity contribution < 1.29 is 0 Å². The van der Waals surface area contributed by atoms with Crippen molar-refractivity contribution in [1.29, 1.82) is 0 Å². The fourth-order valence-electron chi connectivity index (χ4n) is 1.61. The topological polar surface area (TPSA) is 89.6 Å². The number of fused-ring (bicyclic) bond motifs is 1. The van der Waals surface area contributed by atoms with Gasteiger partial charge in [-0.1, -0.05) is 18.2 Å². The lowest BCUT2D eigenvalue weighted by Gasteiger charge is -2.06. The van der Waals surface area contributed by atoms with Crippen molar-refractivity contribution in [2.45, 2.75) is 10.2 Å². The molecule has 94 valence electrons. The summed E-state index contributed by atoms with van der Waals surface area (Å²) in [6.07, 6.45) is 3.39. The smallest absolute Gasteiger partial charge is 0.238 e. The first kappa shape index (κ1) is 11.8. The van der Waals surface area contributed by atoms with Gasteiger partial charge in [0.2, 0.25) is 5.95 Å². The van der Waals surface area contributed by atoms with Crippen LogP contribution in [0.15, 0.2) is 52.9 Å². The van der Waals surface area contributed by atoms with Crippen LogP contribution in [0.4, 0.5) is 5.95 Å². The number of benzene rings is 1. The Morgan fingerprint density at radius 3 is 2.58 bits per heavy atom. The zero-order valence-electron chi connectivity index (χ0n) is 9.82. The van der Waals surface area contributed by atoms with Crippen LogP contribution < -0.4 is 11.3 Å². The van der Waals surface area contributed by atoms with Crippen LogP contribution in [0.1, 0.15) is 0 Å². The lowest BCUT2D eigenvalue weighted by molar-refractivity contribution is 0.960.